The highest BCUT2D eigenvalue weighted by molar-refractivity contribution is 5.97. The molecule has 0 saturated heterocycles. The van der Waals surface area contributed by atoms with Crippen molar-refractivity contribution in [2.24, 2.45) is 0 Å². The predicted octanol–water partition coefficient (Wildman–Crippen LogP) is 1.84. The number of ether oxygens (including phenoxy) is 1. The van der Waals surface area contributed by atoms with Gasteiger partial charge >= 0.3 is 0 Å². The summed E-state index contributed by atoms with van der Waals surface area (Å²) in [6.07, 6.45) is 3.63. The average Bonchev–Trinajstić information content (AvgIpc) is 2.82. The molecule has 0 saturated carbocycles. The van der Waals surface area contributed by atoms with Gasteiger partial charge in [0.05, 0.1) is 13.5 Å². The van der Waals surface area contributed by atoms with Crippen molar-refractivity contribution in [1.82, 2.24) is 9.97 Å². The Balaban J connectivity index is 2.09. The van der Waals surface area contributed by atoms with Gasteiger partial charge in [0.25, 0.3) is 0 Å². The Morgan fingerprint density at radius 1 is 1.38 bits per heavy atom. The molecule has 0 aliphatic carbocycles. The summed E-state index contributed by atoms with van der Waals surface area (Å²) in [7, 11) is 1.60. The summed E-state index contributed by atoms with van der Waals surface area (Å²) < 4.78 is 5.02. The number of benzene rings is 1. The lowest BCUT2D eigenvalue weighted by Crippen LogP contribution is -2.04. The molecule has 0 fully saturated rings. The molecule has 2 aromatic rings. The van der Waals surface area contributed by atoms with Crippen LogP contribution in [-0.2, 0) is 6.42 Å². The van der Waals surface area contributed by atoms with E-state index in [4.69, 9.17) is 4.74 Å². The van der Waals surface area contributed by atoms with Crippen LogP contribution in [0, 0.1) is 0 Å². The second-order valence-electron chi connectivity index (χ2n) is 3.36. The molecule has 0 spiro atoms. The van der Waals surface area contributed by atoms with E-state index in [-0.39, 0.29) is 5.78 Å². The molecule has 0 atom stereocenters. The Bertz CT molecular complexity index is 460. The molecule has 4 heteroatoms. The number of rotatable bonds is 4. The predicted molar refractivity (Wildman–Crippen MR) is 59.6 cm³/mol. The Morgan fingerprint density at radius 2 is 2.12 bits per heavy atom. The molecule has 1 heterocycles. The molecular weight excluding hydrogens is 204 g/mol. The molecule has 1 N–H and O–H groups in total. The molecule has 0 aliphatic rings. The summed E-state index contributed by atoms with van der Waals surface area (Å²) in [5.41, 5.74) is 0.664. The van der Waals surface area contributed by atoms with Crippen LogP contribution < -0.4 is 4.74 Å². The van der Waals surface area contributed by atoms with Crippen LogP contribution >= 0.6 is 0 Å². The molecule has 82 valence electrons. The second kappa shape index (κ2) is 4.61. The van der Waals surface area contributed by atoms with Gasteiger partial charge in [-0.2, -0.15) is 0 Å². The van der Waals surface area contributed by atoms with Crippen molar-refractivity contribution >= 4 is 5.78 Å². The van der Waals surface area contributed by atoms with Crippen LogP contribution in [0.4, 0.5) is 0 Å². The van der Waals surface area contributed by atoms with E-state index in [0.29, 0.717) is 17.8 Å². The zero-order chi connectivity index (χ0) is 11.4. The number of Topliss-reactive ketones (excluding diaryl/α,β-unsaturated/α-hetero) is 1. The second-order valence-corrected chi connectivity index (χ2v) is 3.36. The number of nitrogens with one attached hydrogen (secondary N) is 1. The van der Waals surface area contributed by atoms with Gasteiger partial charge in [-0.25, -0.2) is 4.98 Å². The molecule has 0 radical (unpaired) electrons. The van der Waals surface area contributed by atoms with Crippen molar-refractivity contribution in [3.63, 3.8) is 0 Å². The van der Waals surface area contributed by atoms with E-state index in [2.05, 4.69) is 9.97 Å². The van der Waals surface area contributed by atoms with Gasteiger partial charge in [0.15, 0.2) is 5.78 Å². The third kappa shape index (κ3) is 2.28. The number of hydrogen-bond donors (Lipinski definition) is 1. The van der Waals surface area contributed by atoms with Gasteiger partial charge in [0.1, 0.15) is 11.6 Å². The minimum atomic E-state index is 0.0394. The van der Waals surface area contributed by atoms with Crippen LogP contribution in [0.5, 0.6) is 5.75 Å². The first-order valence-corrected chi connectivity index (χ1v) is 4.95. The van der Waals surface area contributed by atoms with E-state index in [1.807, 2.05) is 0 Å². The molecule has 0 bridgehead atoms. The number of aromatic amines is 1. The molecule has 0 aliphatic heterocycles. The molecule has 4 nitrogen and oxygen atoms in total. The van der Waals surface area contributed by atoms with Crippen molar-refractivity contribution in [3.05, 3.63) is 48.0 Å². The van der Waals surface area contributed by atoms with Gasteiger partial charge in [0, 0.05) is 18.0 Å². The molecular formula is C12H12N2O2. The van der Waals surface area contributed by atoms with Gasteiger partial charge in [-0.15, -0.1) is 0 Å². The minimum absolute atomic E-state index is 0.0394. The summed E-state index contributed by atoms with van der Waals surface area (Å²) in [6.45, 7) is 0. The number of carbonyl (C=O) groups excluding carboxylic acids is 1. The highest BCUT2D eigenvalue weighted by Crippen LogP contribution is 2.12. The lowest BCUT2D eigenvalue weighted by Gasteiger charge is -2.01. The van der Waals surface area contributed by atoms with Gasteiger partial charge in [-0.05, 0) is 24.3 Å². The van der Waals surface area contributed by atoms with E-state index in [9.17, 15) is 4.79 Å². The fourth-order valence-electron chi connectivity index (χ4n) is 1.43. The molecule has 1 aromatic heterocycles. The Hall–Kier alpha value is -2.10. The average molecular weight is 216 g/mol. The van der Waals surface area contributed by atoms with Crippen LogP contribution in [0.15, 0.2) is 36.7 Å². The Morgan fingerprint density at radius 3 is 2.69 bits per heavy atom. The van der Waals surface area contributed by atoms with Gasteiger partial charge in [0.2, 0.25) is 0 Å². The number of imidazole rings is 1. The number of H-pyrrole nitrogens is 1. The maximum atomic E-state index is 11.8. The molecule has 16 heavy (non-hydrogen) atoms. The maximum Gasteiger partial charge on any atom is 0.170 e. The maximum absolute atomic E-state index is 11.8. The molecule has 0 unspecified atom stereocenters. The fourth-order valence-corrected chi connectivity index (χ4v) is 1.43. The van der Waals surface area contributed by atoms with Gasteiger partial charge in [-0.3, -0.25) is 4.79 Å². The lowest BCUT2D eigenvalue weighted by molar-refractivity contribution is 0.0991. The molecule has 2 rings (SSSR count). The number of nitrogens with zero attached hydrogens (tertiary/aromatic N) is 1. The highest BCUT2D eigenvalue weighted by Gasteiger charge is 2.08. The number of carbonyl (C=O) groups is 1. The summed E-state index contributed by atoms with van der Waals surface area (Å²) >= 11 is 0. The largest absolute Gasteiger partial charge is 0.497 e. The lowest BCUT2D eigenvalue weighted by atomic mass is 10.1. The first kappa shape index (κ1) is 10.4. The third-order valence-electron chi connectivity index (χ3n) is 2.29. The van der Waals surface area contributed by atoms with Crippen molar-refractivity contribution < 1.29 is 9.53 Å². The van der Waals surface area contributed by atoms with E-state index in [1.165, 1.54) is 0 Å². The topological polar surface area (TPSA) is 55.0 Å². The van der Waals surface area contributed by atoms with E-state index in [0.717, 1.165) is 5.75 Å². The summed E-state index contributed by atoms with van der Waals surface area (Å²) in [5.74, 6) is 1.47. The first-order valence-electron chi connectivity index (χ1n) is 4.95. The van der Waals surface area contributed by atoms with E-state index < -0.39 is 0 Å². The number of aromatic nitrogens is 2. The van der Waals surface area contributed by atoms with Crippen molar-refractivity contribution in [2.45, 2.75) is 6.42 Å². The van der Waals surface area contributed by atoms with Crippen molar-refractivity contribution in [2.75, 3.05) is 7.11 Å². The highest BCUT2D eigenvalue weighted by atomic mass is 16.5. The fraction of sp³-hybridized carbons (Fsp3) is 0.167. The number of methoxy groups -OCH3 is 1. The van der Waals surface area contributed by atoms with Crippen LogP contribution in [0.1, 0.15) is 16.2 Å². The first-order chi connectivity index (χ1) is 7.79. The number of ketones is 1. The Kier molecular flexibility index (Phi) is 3.00. The zero-order valence-corrected chi connectivity index (χ0v) is 8.93. The quantitative estimate of drug-likeness (QED) is 0.793. The van der Waals surface area contributed by atoms with Crippen LogP contribution in [0.2, 0.25) is 0 Å². The van der Waals surface area contributed by atoms with Crippen LogP contribution in [-0.4, -0.2) is 22.9 Å². The van der Waals surface area contributed by atoms with E-state index in [1.54, 1.807) is 43.8 Å². The SMILES string of the molecule is COc1ccc(C(=O)Cc2ncc[nH]2)cc1. The summed E-state index contributed by atoms with van der Waals surface area (Å²) in [5, 5.41) is 0. The van der Waals surface area contributed by atoms with Crippen LogP contribution in [0.25, 0.3) is 0 Å². The zero-order valence-electron chi connectivity index (χ0n) is 8.93. The third-order valence-corrected chi connectivity index (χ3v) is 2.29. The number of hydrogen-bond acceptors (Lipinski definition) is 3. The van der Waals surface area contributed by atoms with Crippen molar-refractivity contribution in [1.29, 1.82) is 0 Å². The summed E-state index contributed by atoms with van der Waals surface area (Å²) in [4.78, 5) is 18.7. The summed E-state index contributed by atoms with van der Waals surface area (Å²) in [6, 6.07) is 7.05. The van der Waals surface area contributed by atoms with Crippen LogP contribution in [0.3, 0.4) is 0 Å². The standard InChI is InChI=1S/C12H12N2O2/c1-16-10-4-2-9(3-5-10)11(15)8-12-13-6-7-14-12/h2-7H,8H2,1H3,(H,13,14). The van der Waals surface area contributed by atoms with Crippen molar-refractivity contribution in [3.8, 4) is 5.75 Å². The normalized spacial score (nSPS) is 10.1. The Labute approximate surface area is 93.3 Å². The van der Waals surface area contributed by atoms with Gasteiger partial charge < -0.3 is 9.72 Å². The molecule has 0 amide bonds. The smallest absolute Gasteiger partial charge is 0.170 e. The minimum Gasteiger partial charge on any atom is -0.497 e. The van der Waals surface area contributed by atoms with E-state index >= 15 is 0 Å². The monoisotopic (exact) mass is 216 g/mol. The molecule has 1 aromatic carbocycles. The van der Waals surface area contributed by atoms with Gasteiger partial charge in [-0.1, -0.05) is 0 Å².